The zero-order chi connectivity index (χ0) is 22.0. The van der Waals surface area contributed by atoms with Crippen LogP contribution < -0.4 is 9.47 Å². The Morgan fingerprint density at radius 1 is 0.800 bits per heavy atom. The predicted molar refractivity (Wildman–Crippen MR) is 122 cm³/mol. The van der Waals surface area contributed by atoms with E-state index in [9.17, 15) is 10.2 Å². The van der Waals surface area contributed by atoms with Gasteiger partial charge in [0.25, 0.3) is 0 Å². The monoisotopic (exact) mass is 414 g/mol. The molecule has 0 atom stereocenters. The minimum atomic E-state index is -0.389. The molecule has 2 rings (SSSR count). The Labute approximate surface area is 181 Å². The highest BCUT2D eigenvalue weighted by molar-refractivity contribution is 5.51. The van der Waals surface area contributed by atoms with Gasteiger partial charge in [-0.1, -0.05) is 65.0 Å². The van der Waals surface area contributed by atoms with Gasteiger partial charge in [0.05, 0.1) is 26.9 Å². The van der Waals surface area contributed by atoms with Crippen LogP contribution in [0.1, 0.15) is 81.5 Å². The van der Waals surface area contributed by atoms with Crippen molar-refractivity contribution in [3.8, 4) is 11.5 Å². The van der Waals surface area contributed by atoms with Crippen molar-refractivity contribution in [2.24, 2.45) is 0 Å². The van der Waals surface area contributed by atoms with Gasteiger partial charge in [0, 0.05) is 5.41 Å². The summed E-state index contributed by atoms with van der Waals surface area (Å²) in [5.41, 5.74) is 3.19. The molecule has 0 spiro atoms. The second kappa shape index (κ2) is 12.0. The molecule has 0 heterocycles. The van der Waals surface area contributed by atoms with Gasteiger partial charge in [-0.05, 0) is 52.9 Å². The molecule has 0 aliphatic heterocycles. The summed E-state index contributed by atoms with van der Waals surface area (Å²) in [6.07, 6.45) is 7.50. The lowest BCUT2D eigenvalue weighted by atomic mass is 9.74. The van der Waals surface area contributed by atoms with Crippen LogP contribution in [0.2, 0.25) is 0 Å². The Kier molecular flexibility index (Phi) is 9.67. The number of benzene rings is 2. The van der Waals surface area contributed by atoms with E-state index in [2.05, 4.69) is 32.9 Å². The maximum atomic E-state index is 9.94. The second-order valence-electron chi connectivity index (χ2n) is 8.40. The first kappa shape index (κ1) is 24.2. The SMILES string of the molecule is CCCCCCCCOc1ccc(C(C)(C)c2c(CO)cc(OC)cc2CO)cc1. The van der Waals surface area contributed by atoms with Crippen LogP contribution in [0.15, 0.2) is 36.4 Å². The fourth-order valence-corrected chi connectivity index (χ4v) is 4.09. The molecule has 0 fully saturated rings. The van der Waals surface area contributed by atoms with E-state index in [1.807, 2.05) is 24.3 Å². The third-order valence-corrected chi connectivity index (χ3v) is 5.82. The maximum absolute atomic E-state index is 9.94. The number of methoxy groups -OCH3 is 1. The Morgan fingerprint density at radius 2 is 1.37 bits per heavy atom. The first-order valence-corrected chi connectivity index (χ1v) is 11.1. The Balaban J connectivity index is 2.10. The first-order valence-electron chi connectivity index (χ1n) is 11.1. The molecule has 2 N–H and O–H groups in total. The Hall–Kier alpha value is -2.04. The van der Waals surface area contributed by atoms with E-state index < -0.39 is 0 Å². The van der Waals surface area contributed by atoms with E-state index in [1.54, 1.807) is 7.11 Å². The normalized spacial score (nSPS) is 11.5. The van der Waals surface area contributed by atoms with Gasteiger partial charge in [0.2, 0.25) is 0 Å². The van der Waals surface area contributed by atoms with Crippen molar-refractivity contribution >= 4 is 0 Å². The molecule has 0 aliphatic carbocycles. The molecule has 0 bridgehead atoms. The third-order valence-electron chi connectivity index (χ3n) is 5.82. The van der Waals surface area contributed by atoms with Crippen LogP contribution in [0.25, 0.3) is 0 Å². The molecule has 30 heavy (non-hydrogen) atoms. The van der Waals surface area contributed by atoms with Gasteiger partial charge in [-0.15, -0.1) is 0 Å². The fraction of sp³-hybridized carbons (Fsp3) is 0.538. The van der Waals surface area contributed by atoms with E-state index in [-0.39, 0.29) is 18.6 Å². The third kappa shape index (κ3) is 6.23. The van der Waals surface area contributed by atoms with Gasteiger partial charge in [-0.3, -0.25) is 0 Å². The maximum Gasteiger partial charge on any atom is 0.119 e. The van der Waals surface area contributed by atoms with E-state index in [1.165, 1.54) is 32.1 Å². The van der Waals surface area contributed by atoms with Crippen molar-refractivity contribution in [3.05, 3.63) is 58.7 Å². The molecule has 166 valence electrons. The molecule has 4 nitrogen and oxygen atoms in total. The fourth-order valence-electron chi connectivity index (χ4n) is 4.09. The number of hydrogen-bond donors (Lipinski definition) is 2. The zero-order valence-corrected chi connectivity index (χ0v) is 19.0. The van der Waals surface area contributed by atoms with Crippen molar-refractivity contribution in [1.82, 2.24) is 0 Å². The van der Waals surface area contributed by atoms with Gasteiger partial charge in [-0.25, -0.2) is 0 Å². The van der Waals surface area contributed by atoms with Crippen LogP contribution in [-0.4, -0.2) is 23.9 Å². The van der Waals surface area contributed by atoms with E-state index in [0.29, 0.717) is 5.75 Å². The molecule has 0 aliphatic rings. The average Bonchev–Trinajstić information content (AvgIpc) is 2.77. The predicted octanol–water partition coefficient (Wildman–Crippen LogP) is 5.75. The van der Waals surface area contributed by atoms with Crippen LogP contribution >= 0.6 is 0 Å². The van der Waals surface area contributed by atoms with Gasteiger partial charge >= 0.3 is 0 Å². The van der Waals surface area contributed by atoms with Crippen molar-refractivity contribution in [2.45, 2.75) is 77.9 Å². The molecule has 0 amide bonds. The van der Waals surface area contributed by atoms with Crippen molar-refractivity contribution in [3.63, 3.8) is 0 Å². The molecule has 4 heteroatoms. The van der Waals surface area contributed by atoms with Gasteiger partial charge in [-0.2, -0.15) is 0 Å². The summed E-state index contributed by atoms with van der Waals surface area (Å²) in [5.74, 6) is 1.52. The average molecular weight is 415 g/mol. The molecule has 2 aromatic carbocycles. The number of aliphatic hydroxyl groups excluding tert-OH is 2. The smallest absolute Gasteiger partial charge is 0.119 e. The summed E-state index contributed by atoms with van der Waals surface area (Å²) >= 11 is 0. The number of rotatable bonds is 13. The molecule has 0 radical (unpaired) electrons. The lowest BCUT2D eigenvalue weighted by molar-refractivity contribution is 0.268. The van der Waals surface area contributed by atoms with Crippen LogP contribution in [-0.2, 0) is 18.6 Å². The lowest BCUT2D eigenvalue weighted by Crippen LogP contribution is -2.23. The van der Waals surface area contributed by atoms with Crippen LogP contribution in [0.4, 0.5) is 0 Å². The number of hydrogen-bond acceptors (Lipinski definition) is 4. The Morgan fingerprint density at radius 3 is 1.90 bits per heavy atom. The van der Waals surface area contributed by atoms with Gasteiger partial charge in [0.15, 0.2) is 0 Å². The highest BCUT2D eigenvalue weighted by atomic mass is 16.5. The van der Waals surface area contributed by atoms with E-state index in [0.717, 1.165) is 41.0 Å². The molecular weight excluding hydrogens is 376 g/mol. The zero-order valence-electron chi connectivity index (χ0n) is 19.0. The standard InChI is InChI=1S/C26H38O4/c1-5-6-7-8-9-10-15-30-23-13-11-22(12-14-23)26(2,3)25-20(18-27)16-24(29-4)17-21(25)19-28/h11-14,16-17,27-28H,5-10,15,18-19H2,1-4H3. The number of ether oxygens (including phenoxy) is 2. The van der Waals surface area contributed by atoms with E-state index in [4.69, 9.17) is 9.47 Å². The number of unbranched alkanes of at least 4 members (excludes halogenated alkanes) is 5. The topological polar surface area (TPSA) is 58.9 Å². The molecular formula is C26H38O4. The summed E-state index contributed by atoms with van der Waals surface area (Å²) in [6.45, 7) is 6.98. The molecule has 0 unspecified atom stereocenters. The molecule has 0 aromatic heterocycles. The summed E-state index contributed by atoms with van der Waals surface area (Å²) < 4.78 is 11.2. The van der Waals surface area contributed by atoms with Crippen molar-refractivity contribution in [2.75, 3.05) is 13.7 Å². The first-order chi connectivity index (χ1) is 14.5. The minimum Gasteiger partial charge on any atom is -0.497 e. The molecule has 0 saturated heterocycles. The quantitative estimate of drug-likeness (QED) is 0.410. The summed E-state index contributed by atoms with van der Waals surface area (Å²) in [6, 6.07) is 11.8. The van der Waals surface area contributed by atoms with E-state index >= 15 is 0 Å². The van der Waals surface area contributed by atoms with Crippen LogP contribution in [0, 0.1) is 0 Å². The molecule has 0 saturated carbocycles. The van der Waals surface area contributed by atoms with Crippen molar-refractivity contribution in [1.29, 1.82) is 0 Å². The highest BCUT2D eigenvalue weighted by Gasteiger charge is 2.29. The lowest BCUT2D eigenvalue weighted by Gasteiger charge is -2.31. The van der Waals surface area contributed by atoms with Crippen molar-refractivity contribution < 1.29 is 19.7 Å². The summed E-state index contributed by atoms with van der Waals surface area (Å²) in [7, 11) is 1.59. The number of aliphatic hydroxyl groups is 2. The summed E-state index contributed by atoms with van der Waals surface area (Å²) in [5, 5.41) is 19.9. The second-order valence-corrected chi connectivity index (χ2v) is 8.40. The Bertz CT molecular complexity index is 740. The molecule has 2 aromatic rings. The van der Waals surface area contributed by atoms with Crippen LogP contribution in [0.3, 0.4) is 0 Å². The largest absolute Gasteiger partial charge is 0.497 e. The van der Waals surface area contributed by atoms with Gasteiger partial charge in [0.1, 0.15) is 11.5 Å². The highest BCUT2D eigenvalue weighted by Crippen LogP contribution is 2.38. The minimum absolute atomic E-state index is 0.109. The van der Waals surface area contributed by atoms with Gasteiger partial charge < -0.3 is 19.7 Å². The van der Waals surface area contributed by atoms with Crippen LogP contribution in [0.5, 0.6) is 11.5 Å². The summed E-state index contributed by atoms with van der Waals surface area (Å²) in [4.78, 5) is 0.